The number of hydrogen-bond donors (Lipinski definition) is 1. The monoisotopic (exact) mass is 244 g/mol. The normalized spacial score (nSPS) is 25.8. The number of morpholine rings is 1. The highest BCUT2D eigenvalue weighted by Gasteiger charge is 2.26. The van der Waals surface area contributed by atoms with Gasteiger partial charge in [0.25, 0.3) is 0 Å². The topological polar surface area (TPSA) is 50.8 Å². The van der Waals surface area contributed by atoms with Gasteiger partial charge in [0.15, 0.2) is 0 Å². The molecular formula is C12H24N2O3. The third-order valence-corrected chi connectivity index (χ3v) is 3.03. The summed E-state index contributed by atoms with van der Waals surface area (Å²) in [5.74, 6) is 0.0644. The fraction of sp³-hybridized carbons (Fsp3) is 0.917. The van der Waals surface area contributed by atoms with E-state index in [2.05, 4.69) is 17.1 Å². The first-order valence-electron chi connectivity index (χ1n) is 6.28. The number of amides is 1. The number of methoxy groups -OCH3 is 1. The summed E-state index contributed by atoms with van der Waals surface area (Å²) in [7, 11) is 1.63. The molecule has 1 fully saturated rings. The molecule has 1 aliphatic heterocycles. The minimum atomic E-state index is 0.0644. The Labute approximate surface area is 103 Å². The molecule has 17 heavy (non-hydrogen) atoms. The maximum Gasteiger partial charge on any atom is 0.234 e. The standard InChI is InChI=1S/C12H24N2O3/c1-4-11-9-17-10(2)7-14(11)8-12(15)13-5-6-16-3/h10-11H,4-9H2,1-3H3,(H,13,15)/t10-,11+/m0/s1. The van der Waals surface area contributed by atoms with Crippen molar-refractivity contribution in [3.05, 3.63) is 0 Å². The highest BCUT2D eigenvalue weighted by Crippen LogP contribution is 2.13. The molecule has 0 unspecified atom stereocenters. The van der Waals surface area contributed by atoms with E-state index in [0.29, 0.717) is 25.7 Å². The Morgan fingerprint density at radius 2 is 2.35 bits per heavy atom. The summed E-state index contributed by atoms with van der Waals surface area (Å²) in [5.41, 5.74) is 0. The van der Waals surface area contributed by atoms with Crippen LogP contribution in [0.25, 0.3) is 0 Å². The van der Waals surface area contributed by atoms with Crippen LogP contribution in [0.15, 0.2) is 0 Å². The van der Waals surface area contributed by atoms with Crippen LogP contribution in [-0.2, 0) is 14.3 Å². The van der Waals surface area contributed by atoms with Crippen LogP contribution < -0.4 is 5.32 Å². The van der Waals surface area contributed by atoms with Crippen LogP contribution in [0.5, 0.6) is 0 Å². The van der Waals surface area contributed by atoms with Crippen LogP contribution in [0.2, 0.25) is 0 Å². The van der Waals surface area contributed by atoms with Crippen molar-refractivity contribution in [3.63, 3.8) is 0 Å². The zero-order valence-electron chi connectivity index (χ0n) is 11.1. The van der Waals surface area contributed by atoms with E-state index in [9.17, 15) is 4.79 Å². The zero-order chi connectivity index (χ0) is 12.7. The van der Waals surface area contributed by atoms with Crippen LogP contribution >= 0.6 is 0 Å². The Morgan fingerprint density at radius 1 is 1.59 bits per heavy atom. The molecule has 1 saturated heterocycles. The van der Waals surface area contributed by atoms with E-state index in [-0.39, 0.29) is 12.0 Å². The molecule has 0 saturated carbocycles. The van der Waals surface area contributed by atoms with Gasteiger partial charge in [-0.3, -0.25) is 9.69 Å². The van der Waals surface area contributed by atoms with Gasteiger partial charge in [0, 0.05) is 26.2 Å². The van der Waals surface area contributed by atoms with Gasteiger partial charge in [-0.1, -0.05) is 6.92 Å². The van der Waals surface area contributed by atoms with Crippen LogP contribution in [-0.4, -0.2) is 62.9 Å². The Morgan fingerprint density at radius 3 is 3.00 bits per heavy atom. The average molecular weight is 244 g/mol. The summed E-state index contributed by atoms with van der Waals surface area (Å²) in [5, 5.41) is 2.84. The molecular weight excluding hydrogens is 220 g/mol. The van der Waals surface area contributed by atoms with Crippen LogP contribution in [0, 0.1) is 0 Å². The van der Waals surface area contributed by atoms with E-state index in [1.165, 1.54) is 0 Å². The lowest BCUT2D eigenvalue weighted by Crippen LogP contribution is -2.52. The van der Waals surface area contributed by atoms with Crippen molar-refractivity contribution in [2.75, 3.05) is 40.0 Å². The van der Waals surface area contributed by atoms with Crippen LogP contribution in [0.4, 0.5) is 0 Å². The Hall–Kier alpha value is -0.650. The molecule has 0 aromatic carbocycles. The Bertz CT molecular complexity index is 236. The number of carbonyl (C=O) groups excluding carboxylic acids is 1. The average Bonchev–Trinajstić information content (AvgIpc) is 2.29. The zero-order valence-corrected chi connectivity index (χ0v) is 11.1. The molecule has 0 bridgehead atoms. The van der Waals surface area contributed by atoms with Crippen molar-refractivity contribution < 1.29 is 14.3 Å². The van der Waals surface area contributed by atoms with Gasteiger partial charge in [0.1, 0.15) is 0 Å². The van der Waals surface area contributed by atoms with Gasteiger partial charge in [0.05, 0.1) is 25.9 Å². The third-order valence-electron chi connectivity index (χ3n) is 3.03. The highest BCUT2D eigenvalue weighted by atomic mass is 16.5. The third kappa shape index (κ3) is 5.02. The van der Waals surface area contributed by atoms with E-state index in [0.717, 1.165) is 19.6 Å². The quantitative estimate of drug-likeness (QED) is 0.680. The predicted molar refractivity (Wildman–Crippen MR) is 66.0 cm³/mol. The second-order valence-corrected chi connectivity index (χ2v) is 4.48. The first-order valence-corrected chi connectivity index (χ1v) is 6.28. The molecule has 0 aromatic heterocycles. The molecule has 1 rings (SSSR count). The molecule has 2 atom stereocenters. The minimum Gasteiger partial charge on any atom is -0.383 e. The summed E-state index contributed by atoms with van der Waals surface area (Å²) in [6, 6.07) is 0.361. The van der Waals surface area contributed by atoms with Gasteiger partial charge in [-0.15, -0.1) is 0 Å². The lowest BCUT2D eigenvalue weighted by atomic mass is 10.1. The van der Waals surface area contributed by atoms with Crippen LogP contribution in [0.3, 0.4) is 0 Å². The molecule has 0 aliphatic carbocycles. The van der Waals surface area contributed by atoms with Gasteiger partial charge in [-0.25, -0.2) is 0 Å². The Kier molecular flexibility index (Phi) is 6.47. The van der Waals surface area contributed by atoms with Crippen molar-refractivity contribution in [1.82, 2.24) is 10.2 Å². The molecule has 5 nitrogen and oxygen atoms in total. The lowest BCUT2D eigenvalue weighted by molar-refractivity contribution is -0.126. The molecule has 1 amide bonds. The van der Waals surface area contributed by atoms with Crippen LogP contribution in [0.1, 0.15) is 20.3 Å². The molecule has 1 aliphatic rings. The highest BCUT2D eigenvalue weighted by molar-refractivity contribution is 5.78. The fourth-order valence-corrected chi connectivity index (χ4v) is 2.02. The summed E-state index contributed by atoms with van der Waals surface area (Å²) in [6.45, 7) is 7.31. The maximum absolute atomic E-state index is 11.7. The van der Waals surface area contributed by atoms with Gasteiger partial charge in [-0.2, -0.15) is 0 Å². The number of nitrogens with one attached hydrogen (secondary N) is 1. The van der Waals surface area contributed by atoms with E-state index < -0.39 is 0 Å². The molecule has 100 valence electrons. The number of rotatable bonds is 6. The molecule has 0 radical (unpaired) electrons. The lowest BCUT2D eigenvalue weighted by Gasteiger charge is -2.37. The second-order valence-electron chi connectivity index (χ2n) is 4.48. The van der Waals surface area contributed by atoms with E-state index in [1.807, 2.05) is 6.92 Å². The predicted octanol–water partition coefficient (Wildman–Crippen LogP) is 0.248. The molecule has 1 N–H and O–H groups in total. The Balaban J connectivity index is 2.33. The summed E-state index contributed by atoms with van der Waals surface area (Å²) >= 11 is 0. The largest absolute Gasteiger partial charge is 0.383 e. The summed E-state index contributed by atoms with van der Waals surface area (Å²) in [4.78, 5) is 13.9. The van der Waals surface area contributed by atoms with Crippen molar-refractivity contribution in [2.24, 2.45) is 0 Å². The van der Waals surface area contributed by atoms with E-state index >= 15 is 0 Å². The fourth-order valence-electron chi connectivity index (χ4n) is 2.02. The number of carbonyl (C=O) groups is 1. The first-order chi connectivity index (χ1) is 8.17. The number of nitrogens with zero attached hydrogens (tertiary/aromatic N) is 1. The first kappa shape index (κ1) is 14.4. The van der Waals surface area contributed by atoms with Gasteiger partial charge >= 0.3 is 0 Å². The SMILES string of the molecule is CC[C@@H]1CO[C@@H](C)CN1CC(=O)NCCOC. The van der Waals surface area contributed by atoms with Crippen molar-refractivity contribution in [2.45, 2.75) is 32.4 Å². The number of ether oxygens (including phenoxy) is 2. The van der Waals surface area contributed by atoms with E-state index in [4.69, 9.17) is 9.47 Å². The van der Waals surface area contributed by atoms with Gasteiger partial charge in [0.2, 0.25) is 5.91 Å². The summed E-state index contributed by atoms with van der Waals surface area (Å²) in [6.07, 6.45) is 1.22. The second kappa shape index (κ2) is 7.63. The molecule has 1 heterocycles. The molecule has 0 aromatic rings. The number of hydrogen-bond acceptors (Lipinski definition) is 4. The van der Waals surface area contributed by atoms with Gasteiger partial charge < -0.3 is 14.8 Å². The smallest absolute Gasteiger partial charge is 0.234 e. The minimum absolute atomic E-state index is 0.0644. The summed E-state index contributed by atoms with van der Waals surface area (Å²) < 4.78 is 10.5. The van der Waals surface area contributed by atoms with Crippen molar-refractivity contribution in [1.29, 1.82) is 0 Å². The van der Waals surface area contributed by atoms with Crippen molar-refractivity contribution in [3.8, 4) is 0 Å². The van der Waals surface area contributed by atoms with Crippen molar-refractivity contribution >= 4 is 5.91 Å². The van der Waals surface area contributed by atoms with Gasteiger partial charge in [-0.05, 0) is 13.3 Å². The molecule has 0 spiro atoms. The van der Waals surface area contributed by atoms with E-state index in [1.54, 1.807) is 7.11 Å². The maximum atomic E-state index is 11.7. The molecule has 5 heteroatoms.